The van der Waals surface area contributed by atoms with Gasteiger partial charge < -0.3 is 20.4 Å². The van der Waals surface area contributed by atoms with E-state index in [-0.39, 0.29) is 24.7 Å². The monoisotopic (exact) mass is 392 g/mol. The van der Waals surface area contributed by atoms with Gasteiger partial charge in [-0.3, -0.25) is 9.59 Å². The first-order valence-corrected chi connectivity index (χ1v) is 8.45. The molecule has 0 saturated carbocycles. The number of carbonyl (C=O) groups excluding carboxylic acids is 2. The molecule has 10 heteroatoms. The number of aryl methyl sites for hydroxylation is 1. The lowest BCUT2D eigenvalue weighted by Gasteiger charge is -2.25. The van der Waals surface area contributed by atoms with Gasteiger partial charge in [0.1, 0.15) is 11.9 Å². The maximum atomic E-state index is 13.3. The Hall–Kier alpha value is -3.43. The molecule has 0 saturated heterocycles. The first-order chi connectivity index (χ1) is 13.1. The summed E-state index contributed by atoms with van der Waals surface area (Å²) in [6, 6.07) is 2.73. The normalized spacial score (nSPS) is 11.7. The number of halogens is 1. The highest BCUT2D eigenvalue weighted by atomic mass is 19.1. The van der Waals surface area contributed by atoms with Gasteiger partial charge >= 0.3 is 5.97 Å². The SMILES string of the molecule is CC(=O)NCCN(C(=O)c1nn(-c2ccc(F)cc2C)cc1O)C(C)C(=O)O. The average Bonchev–Trinajstić information content (AvgIpc) is 2.98. The number of nitrogens with zero attached hydrogens (tertiary/aromatic N) is 3. The van der Waals surface area contributed by atoms with Crippen LogP contribution in [0.15, 0.2) is 24.4 Å². The Labute approximate surface area is 160 Å². The quantitative estimate of drug-likeness (QED) is 0.648. The molecule has 0 bridgehead atoms. The Morgan fingerprint density at radius 2 is 2.04 bits per heavy atom. The van der Waals surface area contributed by atoms with Crippen molar-refractivity contribution in [1.82, 2.24) is 20.0 Å². The lowest BCUT2D eigenvalue weighted by molar-refractivity contribution is -0.141. The lowest BCUT2D eigenvalue weighted by Crippen LogP contribution is -2.46. The molecule has 0 radical (unpaired) electrons. The van der Waals surface area contributed by atoms with Crippen molar-refractivity contribution in [3.05, 3.63) is 41.5 Å². The third-order valence-corrected chi connectivity index (χ3v) is 4.12. The molecular formula is C18H21FN4O5. The number of carboxylic acid groups (broad SMARTS) is 1. The van der Waals surface area contributed by atoms with Crippen molar-refractivity contribution in [2.75, 3.05) is 13.1 Å². The summed E-state index contributed by atoms with van der Waals surface area (Å²) in [5, 5.41) is 26.0. The second-order valence-electron chi connectivity index (χ2n) is 6.23. The molecule has 1 unspecified atom stereocenters. The summed E-state index contributed by atoms with van der Waals surface area (Å²) in [4.78, 5) is 36.2. The number of nitrogens with one attached hydrogen (secondary N) is 1. The van der Waals surface area contributed by atoms with E-state index in [2.05, 4.69) is 10.4 Å². The topological polar surface area (TPSA) is 125 Å². The van der Waals surface area contributed by atoms with E-state index in [1.807, 2.05) is 0 Å². The van der Waals surface area contributed by atoms with Gasteiger partial charge in [-0.1, -0.05) is 0 Å². The fraction of sp³-hybridized carbons (Fsp3) is 0.333. The minimum Gasteiger partial charge on any atom is -0.504 e. The zero-order valence-corrected chi connectivity index (χ0v) is 15.6. The number of carboxylic acids is 1. The lowest BCUT2D eigenvalue weighted by atomic mass is 10.2. The van der Waals surface area contributed by atoms with Crippen LogP contribution in [-0.4, -0.2) is 61.8 Å². The van der Waals surface area contributed by atoms with Crippen LogP contribution in [0.25, 0.3) is 5.69 Å². The number of hydrogen-bond donors (Lipinski definition) is 3. The summed E-state index contributed by atoms with van der Waals surface area (Å²) in [6.45, 7) is 4.20. The van der Waals surface area contributed by atoms with E-state index >= 15 is 0 Å². The largest absolute Gasteiger partial charge is 0.504 e. The number of rotatable bonds is 7. The number of aromatic nitrogens is 2. The number of carbonyl (C=O) groups is 3. The third kappa shape index (κ3) is 4.64. The summed E-state index contributed by atoms with van der Waals surface area (Å²) in [7, 11) is 0. The predicted octanol–water partition coefficient (Wildman–Crippen LogP) is 1.08. The highest BCUT2D eigenvalue weighted by Crippen LogP contribution is 2.22. The van der Waals surface area contributed by atoms with Gasteiger partial charge in [0.15, 0.2) is 11.4 Å². The van der Waals surface area contributed by atoms with Crippen molar-refractivity contribution in [3.63, 3.8) is 0 Å². The van der Waals surface area contributed by atoms with E-state index in [9.17, 15) is 29.0 Å². The van der Waals surface area contributed by atoms with Crippen LogP contribution < -0.4 is 5.32 Å². The Morgan fingerprint density at radius 1 is 1.36 bits per heavy atom. The van der Waals surface area contributed by atoms with Crippen molar-refractivity contribution in [1.29, 1.82) is 0 Å². The van der Waals surface area contributed by atoms with Crippen molar-refractivity contribution < 1.29 is 29.0 Å². The zero-order chi connectivity index (χ0) is 21.0. The standard InChI is InChI=1S/C18H21FN4O5/c1-10-8-13(19)4-5-14(10)23-9-15(25)16(21-23)17(26)22(11(2)18(27)28)7-6-20-12(3)24/h4-5,8-9,11,25H,6-7H2,1-3H3,(H,20,24)(H,27,28). The van der Waals surface area contributed by atoms with E-state index in [0.29, 0.717) is 11.3 Å². The fourth-order valence-corrected chi connectivity index (χ4v) is 2.61. The van der Waals surface area contributed by atoms with E-state index in [1.165, 1.54) is 42.9 Å². The Bertz CT molecular complexity index is 911. The summed E-state index contributed by atoms with van der Waals surface area (Å²) in [5.74, 6) is -3.26. The molecule has 28 heavy (non-hydrogen) atoms. The molecule has 1 atom stereocenters. The molecule has 1 aromatic heterocycles. The van der Waals surface area contributed by atoms with Gasteiger partial charge in [0, 0.05) is 20.0 Å². The smallest absolute Gasteiger partial charge is 0.326 e. The van der Waals surface area contributed by atoms with Gasteiger partial charge in [-0.15, -0.1) is 0 Å². The van der Waals surface area contributed by atoms with E-state index in [0.717, 1.165) is 4.90 Å². The number of hydrogen-bond acceptors (Lipinski definition) is 5. The molecule has 0 fully saturated rings. The summed E-state index contributed by atoms with van der Waals surface area (Å²) < 4.78 is 14.5. The predicted molar refractivity (Wildman–Crippen MR) is 96.7 cm³/mol. The van der Waals surface area contributed by atoms with Crippen LogP contribution in [-0.2, 0) is 9.59 Å². The van der Waals surface area contributed by atoms with Crippen molar-refractivity contribution in [3.8, 4) is 11.4 Å². The number of benzene rings is 1. The molecular weight excluding hydrogens is 371 g/mol. The molecule has 2 aromatic rings. The van der Waals surface area contributed by atoms with Crippen LogP contribution >= 0.6 is 0 Å². The van der Waals surface area contributed by atoms with Crippen LogP contribution in [0.5, 0.6) is 5.75 Å². The van der Waals surface area contributed by atoms with Crippen LogP contribution in [0, 0.1) is 12.7 Å². The molecule has 3 N–H and O–H groups in total. The Balaban J connectivity index is 2.34. The van der Waals surface area contributed by atoms with Gasteiger partial charge in [-0.2, -0.15) is 5.10 Å². The maximum Gasteiger partial charge on any atom is 0.326 e. The van der Waals surface area contributed by atoms with Gasteiger partial charge in [-0.05, 0) is 37.6 Å². The van der Waals surface area contributed by atoms with Crippen LogP contribution in [0.3, 0.4) is 0 Å². The van der Waals surface area contributed by atoms with E-state index < -0.39 is 29.5 Å². The summed E-state index contributed by atoms with van der Waals surface area (Å²) in [6.07, 6.45) is 1.19. The third-order valence-electron chi connectivity index (χ3n) is 4.12. The second kappa shape index (κ2) is 8.51. The van der Waals surface area contributed by atoms with Gasteiger partial charge in [0.05, 0.1) is 11.9 Å². The molecule has 2 amide bonds. The van der Waals surface area contributed by atoms with Crippen LogP contribution in [0.2, 0.25) is 0 Å². The highest BCUT2D eigenvalue weighted by molar-refractivity contribution is 5.97. The number of aliphatic carboxylic acids is 1. The maximum absolute atomic E-state index is 13.3. The van der Waals surface area contributed by atoms with Crippen LogP contribution in [0.4, 0.5) is 4.39 Å². The van der Waals surface area contributed by atoms with Gasteiger partial charge in [-0.25, -0.2) is 13.9 Å². The fourth-order valence-electron chi connectivity index (χ4n) is 2.61. The molecule has 0 aliphatic rings. The molecule has 0 aliphatic carbocycles. The first-order valence-electron chi connectivity index (χ1n) is 8.45. The van der Waals surface area contributed by atoms with E-state index in [4.69, 9.17) is 0 Å². The summed E-state index contributed by atoms with van der Waals surface area (Å²) in [5.41, 5.74) is 0.634. The molecule has 9 nitrogen and oxygen atoms in total. The van der Waals surface area contributed by atoms with Gasteiger partial charge in [0.25, 0.3) is 5.91 Å². The number of aromatic hydroxyl groups is 1. The van der Waals surface area contributed by atoms with E-state index in [1.54, 1.807) is 6.92 Å². The molecule has 0 aliphatic heterocycles. The zero-order valence-electron chi connectivity index (χ0n) is 15.6. The minimum atomic E-state index is -1.25. The molecule has 1 aromatic carbocycles. The minimum absolute atomic E-state index is 0.0389. The highest BCUT2D eigenvalue weighted by Gasteiger charge is 2.30. The first kappa shape index (κ1) is 20.9. The van der Waals surface area contributed by atoms with Crippen molar-refractivity contribution in [2.45, 2.75) is 26.8 Å². The molecule has 0 spiro atoms. The van der Waals surface area contributed by atoms with Gasteiger partial charge in [0.2, 0.25) is 5.91 Å². The molecule has 1 heterocycles. The molecule has 2 rings (SSSR count). The Morgan fingerprint density at radius 3 is 2.61 bits per heavy atom. The molecule has 150 valence electrons. The average molecular weight is 392 g/mol. The Kier molecular flexibility index (Phi) is 6.34. The summed E-state index contributed by atoms with van der Waals surface area (Å²) >= 11 is 0. The van der Waals surface area contributed by atoms with Crippen LogP contribution in [0.1, 0.15) is 29.9 Å². The van der Waals surface area contributed by atoms with Crippen molar-refractivity contribution >= 4 is 17.8 Å². The number of amides is 2. The second-order valence-corrected chi connectivity index (χ2v) is 6.23. The van der Waals surface area contributed by atoms with Crippen molar-refractivity contribution in [2.24, 2.45) is 0 Å².